The number of sulfonamides is 1. The van der Waals surface area contributed by atoms with Gasteiger partial charge in [-0.25, -0.2) is 17.9 Å². The zero-order valence-electron chi connectivity index (χ0n) is 12.8. The molecule has 130 valence electrons. The van der Waals surface area contributed by atoms with Gasteiger partial charge in [0.25, 0.3) is 10.0 Å². The van der Waals surface area contributed by atoms with Crippen molar-refractivity contribution in [1.82, 2.24) is 10.0 Å². The summed E-state index contributed by atoms with van der Waals surface area (Å²) in [6.45, 7) is 1.51. The average Bonchev–Trinajstić information content (AvgIpc) is 2.96. The summed E-state index contributed by atoms with van der Waals surface area (Å²) in [6, 6.07) is 2.28. The van der Waals surface area contributed by atoms with Gasteiger partial charge in [-0.2, -0.15) is 0 Å². The summed E-state index contributed by atoms with van der Waals surface area (Å²) >= 11 is 4.22. The molecule has 23 heavy (non-hydrogen) atoms. The van der Waals surface area contributed by atoms with E-state index in [0.29, 0.717) is 10.2 Å². The van der Waals surface area contributed by atoms with Crippen molar-refractivity contribution in [3.63, 3.8) is 0 Å². The molecule has 0 bridgehead atoms. The highest BCUT2D eigenvalue weighted by atomic mass is 79.9. The molecule has 1 atom stereocenters. The van der Waals surface area contributed by atoms with Crippen LogP contribution in [0.2, 0.25) is 0 Å². The zero-order chi connectivity index (χ0) is 17.5. The highest BCUT2D eigenvalue weighted by molar-refractivity contribution is 9.11. The van der Waals surface area contributed by atoms with E-state index in [1.165, 1.54) is 13.2 Å². The van der Waals surface area contributed by atoms with Crippen LogP contribution < -0.4 is 10.0 Å². The Morgan fingerprint density at radius 3 is 2.61 bits per heavy atom. The van der Waals surface area contributed by atoms with Gasteiger partial charge < -0.3 is 10.1 Å². The largest absolute Gasteiger partial charge is 0.467 e. The van der Waals surface area contributed by atoms with Crippen molar-refractivity contribution in [2.75, 3.05) is 13.7 Å². The van der Waals surface area contributed by atoms with Crippen LogP contribution in [-0.4, -0.2) is 40.0 Å². The number of amides is 1. The van der Waals surface area contributed by atoms with Gasteiger partial charge in [0, 0.05) is 0 Å². The molecule has 0 spiro atoms. The lowest BCUT2D eigenvalue weighted by Gasteiger charge is -2.16. The van der Waals surface area contributed by atoms with Crippen LogP contribution in [0.15, 0.2) is 20.1 Å². The molecule has 0 radical (unpaired) electrons. The number of carbonyl (C=O) groups excluding carboxylic acids is 2. The molecule has 0 fully saturated rings. The Morgan fingerprint density at radius 2 is 2.09 bits per heavy atom. The Hall–Kier alpha value is -0.970. The molecule has 1 aromatic rings. The van der Waals surface area contributed by atoms with Crippen LogP contribution in [0.25, 0.3) is 0 Å². The Bertz CT molecular complexity index is 645. The fraction of sp³-hybridized carbons (Fsp3) is 0.538. The number of methoxy groups -OCH3 is 1. The Balaban J connectivity index is 2.59. The summed E-state index contributed by atoms with van der Waals surface area (Å²) in [5, 5.41) is 2.49. The molecular formula is C13H19BrN2O5S2. The number of esters is 1. The molecular weight excluding hydrogens is 408 g/mol. The van der Waals surface area contributed by atoms with E-state index >= 15 is 0 Å². The lowest BCUT2D eigenvalue weighted by atomic mass is 10.1. The zero-order valence-corrected chi connectivity index (χ0v) is 16.0. The van der Waals surface area contributed by atoms with Gasteiger partial charge in [0.2, 0.25) is 5.91 Å². The van der Waals surface area contributed by atoms with E-state index in [1.54, 1.807) is 6.07 Å². The van der Waals surface area contributed by atoms with E-state index < -0.39 is 34.5 Å². The number of unbranched alkanes of at least 4 members (excludes halogenated alkanes) is 1. The molecule has 1 rings (SSSR count). The highest BCUT2D eigenvalue weighted by Gasteiger charge is 2.22. The molecule has 0 aliphatic rings. The standard InChI is InChI=1S/C13H19BrN2O5S2/c1-3-4-5-9(13(18)21-2)16-11(17)8-15-23(19,20)12-7-6-10(14)22-12/h6-7,9,15H,3-5,8H2,1-2H3,(H,16,17). The number of halogens is 1. The van der Waals surface area contributed by atoms with E-state index in [1.807, 2.05) is 6.92 Å². The Labute approximate surface area is 148 Å². The minimum absolute atomic E-state index is 0.104. The summed E-state index contributed by atoms with van der Waals surface area (Å²) in [5.74, 6) is -1.13. The minimum Gasteiger partial charge on any atom is -0.467 e. The first-order valence-corrected chi connectivity index (χ1v) is 10.0. The average molecular weight is 427 g/mol. The number of hydrogen-bond donors (Lipinski definition) is 2. The summed E-state index contributed by atoms with van der Waals surface area (Å²) in [4.78, 5) is 23.5. The molecule has 1 amide bonds. The molecule has 0 aromatic carbocycles. The third-order valence-corrected chi connectivity index (χ3v) is 6.42. The molecule has 2 N–H and O–H groups in total. The summed E-state index contributed by atoms with van der Waals surface area (Å²) < 4.78 is 31.6. The first-order valence-electron chi connectivity index (χ1n) is 6.92. The van der Waals surface area contributed by atoms with E-state index in [0.717, 1.165) is 24.2 Å². The van der Waals surface area contributed by atoms with E-state index in [2.05, 4.69) is 30.7 Å². The fourth-order valence-electron chi connectivity index (χ4n) is 1.72. The number of nitrogens with one attached hydrogen (secondary N) is 2. The molecule has 0 saturated carbocycles. The molecule has 1 heterocycles. The van der Waals surface area contributed by atoms with Gasteiger partial charge in [-0.3, -0.25) is 4.79 Å². The van der Waals surface area contributed by atoms with Gasteiger partial charge in [-0.15, -0.1) is 11.3 Å². The van der Waals surface area contributed by atoms with Crippen molar-refractivity contribution in [2.24, 2.45) is 0 Å². The third-order valence-electron chi connectivity index (χ3n) is 2.90. The summed E-state index contributed by atoms with van der Waals surface area (Å²) in [6.07, 6.45) is 2.05. The number of carbonyl (C=O) groups is 2. The SMILES string of the molecule is CCCCC(NC(=O)CNS(=O)(=O)c1ccc(Br)s1)C(=O)OC. The van der Waals surface area contributed by atoms with Crippen LogP contribution in [0.1, 0.15) is 26.2 Å². The first-order chi connectivity index (χ1) is 10.8. The van der Waals surface area contributed by atoms with Gasteiger partial charge >= 0.3 is 5.97 Å². The lowest BCUT2D eigenvalue weighted by molar-refractivity contribution is -0.145. The second-order valence-corrected chi connectivity index (χ2v) is 9.13. The molecule has 10 heteroatoms. The van der Waals surface area contributed by atoms with Gasteiger partial charge in [0.15, 0.2) is 0 Å². The van der Waals surface area contributed by atoms with Crippen LogP contribution in [0, 0.1) is 0 Å². The topological polar surface area (TPSA) is 102 Å². The second kappa shape index (κ2) is 9.36. The van der Waals surface area contributed by atoms with Crippen LogP contribution in [0.5, 0.6) is 0 Å². The Kier molecular flexibility index (Phi) is 8.17. The number of ether oxygens (including phenoxy) is 1. The minimum atomic E-state index is -3.75. The molecule has 7 nitrogen and oxygen atoms in total. The maximum absolute atomic E-state index is 12.0. The maximum atomic E-state index is 12.0. The van der Waals surface area contributed by atoms with Crippen LogP contribution >= 0.6 is 27.3 Å². The predicted octanol–water partition coefficient (Wildman–Crippen LogP) is 1.64. The predicted molar refractivity (Wildman–Crippen MR) is 90.7 cm³/mol. The summed E-state index contributed by atoms with van der Waals surface area (Å²) in [5.41, 5.74) is 0. The number of rotatable bonds is 9. The van der Waals surface area contributed by atoms with Gasteiger partial charge in [0.05, 0.1) is 17.4 Å². The normalized spacial score (nSPS) is 12.7. The van der Waals surface area contributed by atoms with Crippen molar-refractivity contribution in [1.29, 1.82) is 0 Å². The highest BCUT2D eigenvalue weighted by Crippen LogP contribution is 2.25. The van der Waals surface area contributed by atoms with Crippen molar-refractivity contribution in [2.45, 2.75) is 36.4 Å². The van der Waals surface area contributed by atoms with E-state index in [4.69, 9.17) is 0 Å². The Morgan fingerprint density at radius 1 is 1.39 bits per heavy atom. The van der Waals surface area contributed by atoms with Crippen LogP contribution in [0.3, 0.4) is 0 Å². The van der Waals surface area contributed by atoms with E-state index in [9.17, 15) is 18.0 Å². The van der Waals surface area contributed by atoms with Crippen molar-refractivity contribution in [3.8, 4) is 0 Å². The number of hydrogen-bond acceptors (Lipinski definition) is 6. The maximum Gasteiger partial charge on any atom is 0.328 e. The van der Waals surface area contributed by atoms with Crippen molar-refractivity contribution < 1.29 is 22.7 Å². The summed E-state index contributed by atoms with van der Waals surface area (Å²) in [7, 11) is -2.51. The first kappa shape index (κ1) is 20.1. The quantitative estimate of drug-likeness (QED) is 0.584. The monoisotopic (exact) mass is 426 g/mol. The fourth-order valence-corrected chi connectivity index (χ4v) is 4.76. The molecule has 0 saturated heterocycles. The van der Waals surface area contributed by atoms with Crippen LogP contribution in [-0.2, 0) is 24.3 Å². The molecule has 1 unspecified atom stereocenters. The van der Waals surface area contributed by atoms with Crippen LogP contribution in [0.4, 0.5) is 0 Å². The molecule has 1 aromatic heterocycles. The lowest BCUT2D eigenvalue weighted by Crippen LogP contribution is -2.45. The van der Waals surface area contributed by atoms with Crippen molar-refractivity contribution in [3.05, 3.63) is 15.9 Å². The van der Waals surface area contributed by atoms with E-state index in [-0.39, 0.29) is 4.21 Å². The molecule has 0 aliphatic heterocycles. The third kappa shape index (κ3) is 6.58. The van der Waals surface area contributed by atoms with Gasteiger partial charge in [0.1, 0.15) is 10.3 Å². The van der Waals surface area contributed by atoms with Gasteiger partial charge in [-0.1, -0.05) is 19.8 Å². The van der Waals surface area contributed by atoms with Gasteiger partial charge in [-0.05, 0) is 34.5 Å². The number of thiophene rings is 1. The molecule has 0 aliphatic carbocycles. The smallest absolute Gasteiger partial charge is 0.328 e. The second-order valence-electron chi connectivity index (χ2n) is 4.67. The van der Waals surface area contributed by atoms with Crippen molar-refractivity contribution >= 4 is 49.2 Å².